The standard InChI is InChI=1S/C26H21ClN2O4S/c1-17-6-12-21(13-7-17)34(30,31)29-22-4-3-5-24(33-20-10-8-19(27)9-11-20)26(22)25-18(16-32-2)14-28-15-23(25)29/h3-15H,16H2,1-2H3. The zero-order valence-corrected chi connectivity index (χ0v) is 20.1. The predicted octanol–water partition coefficient (Wildman–Crippen LogP) is 6.33. The second-order valence-corrected chi connectivity index (χ2v) is 10.1. The van der Waals surface area contributed by atoms with Gasteiger partial charge in [-0.1, -0.05) is 35.4 Å². The van der Waals surface area contributed by atoms with Crippen LogP contribution in [-0.2, 0) is 21.4 Å². The highest BCUT2D eigenvalue weighted by molar-refractivity contribution is 7.90. The lowest BCUT2D eigenvalue weighted by Crippen LogP contribution is -2.13. The molecule has 0 N–H and O–H groups in total. The highest BCUT2D eigenvalue weighted by Crippen LogP contribution is 2.41. The second-order valence-electron chi connectivity index (χ2n) is 7.91. The topological polar surface area (TPSA) is 70.4 Å². The van der Waals surface area contributed by atoms with Crippen molar-refractivity contribution in [3.05, 3.63) is 95.3 Å². The van der Waals surface area contributed by atoms with Crippen molar-refractivity contribution in [2.75, 3.05) is 7.11 Å². The third-order valence-electron chi connectivity index (χ3n) is 5.60. The van der Waals surface area contributed by atoms with Gasteiger partial charge in [-0.3, -0.25) is 4.98 Å². The molecule has 0 aliphatic carbocycles. The monoisotopic (exact) mass is 492 g/mol. The summed E-state index contributed by atoms with van der Waals surface area (Å²) in [6, 6.07) is 19.2. The first kappa shape index (κ1) is 22.4. The normalized spacial score (nSPS) is 11.9. The molecule has 8 heteroatoms. The van der Waals surface area contributed by atoms with Crippen LogP contribution in [0.3, 0.4) is 0 Å². The minimum Gasteiger partial charge on any atom is -0.457 e. The number of pyridine rings is 1. The van der Waals surface area contributed by atoms with E-state index in [2.05, 4.69) is 4.98 Å². The first-order valence-corrected chi connectivity index (χ1v) is 12.4. The zero-order valence-electron chi connectivity index (χ0n) is 18.5. The number of ether oxygens (including phenoxy) is 2. The number of hydrogen-bond acceptors (Lipinski definition) is 5. The second kappa shape index (κ2) is 8.76. The fourth-order valence-corrected chi connectivity index (χ4v) is 5.68. The molecule has 2 aromatic heterocycles. The van der Waals surface area contributed by atoms with E-state index in [1.165, 1.54) is 3.97 Å². The molecule has 6 nitrogen and oxygen atoms in total. The van der Waals surface area contributed by atoms with Crippen LogP contribution in [-0.4, -0.2) is 24.5 Å². The molecule has 0 saturated heterocycles. The van der Waals surface area contributed by atoms with Gasteiger partial charge in [0.2, 0.25) is 0 Å². The maximum Gasteiger partial charge on any atom is 0.268 e. The largest absolute Gasteiger partial charge is 0.457 e. The van der Waals surface area contributed by atoms with E-state index in [1.807, 2.05) is 13.0 Å². The van der Waals surface area contributed by atoms with Gasteiger partial charge in [-0.15, -0.1) is 0 Å². The number of rotatable bonds is 6. The van der Waals surface area contributed by atoms with Crippen LogP contribution in [0.2, 0.25) is 5.02 Å². The minimum absolute atomic E-state index is 0.193. The molecule has 0 saturated carbocycles. The predicted molar refractivity (Wildman–Crippen MR) is 133 cm³/mol. The summed E-state index contributed by atoms with van der Waals surface area (Å²) in [5.41, 5.74) is 2.68. The van der Waals surface area contributed by atoms with E-state index in [0.29, 0.717) is 38.3 Å². The molecule has 0 aliphatic heterocycles. The molecule has 2 heterocycles. The van der Waals surface area contributed by atoms with E-state index in [0.717, 1.165) is 11.1 Å². The first-order valence-electron chi connectivity index (χ1n) is 10.5. The molecule has 0 fully saturated rings. The van der Waals surface area contributed by atoms with Gasteiger partial charge >= 0.3 is 0 Å². The summed E-state index contributed by atoms with van der Waals surface area (Å²) in [6.07, 6.45) is 3.25. The molecule has 0 spiro atoms. The number of halogens is 1. The Labute approximate surface area is 202 Å². The van der Waals surface area contributed by atoms with E-state index in [-0.39, 0.29) is 11.5 Å². The van der Waals surface area contributed by atoms with Crippen molar-refractivity contribution >= 4 is 43.4 Å². The van der Waals surface area contributed by atoms with Crippen LogP contribution in [0.25, 0.3) is 21.8 Å². The van der Waals surface area contributed by atoms with E-state index < -0.39 is 10.0 Å². The Balaban J connectivity index is 1.83. The molecule has 0 radical (unpaired) electrons. The first-order chi connectivity index (χ1) is 16.4. The Hall–Kier alpha value is -3.39. The SMILES string of the molecule is COCc1cncc2c1c1c(Oc3ccc(Cl)cc3)cccc1n2S(=O)(=O)c1ccc(C)cc1. The molecule has 0 atom stereocenters. The number of methoxy groups -OCH3 is 1. The van der Waals surface area contributed by atoms with Crippen LogP contribution in [0, 0.1) is 6.92 Å². The van der Waals surface area contributed by atoms with E-state index >= 15 is 0 Å². The average Bonchev–Trinajstić information content (AvgIpc) is 3.18. The summed E-state index contributed by atoms with van der Waals surface area (Å²) in [5, 5.41) is 1.98. The van der Waals surface area contributed by atoms with E-state index in [1.54, 1.807) is 80.2 Å². The average molecular weight is 493 g/mol. The molecule has 5 rings (SSSR count). The molecule has 3 aromatic carbocycles. The summed E-state index contributed by atoms with van der Waals surface area (Å²) < 4.78 is 40.7. The molecule has 5 aromatic rings. The van der Waals surface area contributed by atoms with Crippen LogP contribution in [0.15, 0.2) is 84.0 Å². The number of nitrogens with zero attached hydrogens (tertiary/aromatic N) is 2. The number of aryl methyl sites for hydroxylation is 1. The third-order valence-corrected chi connectivity index (χ3v) is 7.59. The molecular weight excluding hydrogens is 472 g/mol. The van der Waals surface area contributed by atoms with Crippen molar-refractivity contribution in [2.45, 2.75) is 18.4 Å². The highest BCUT2D eigenvalue weighted by Gasteiger charge is 2.26. The smallest absolute Gasteiger partial charge is 0.268 e. The Morgan fingerprint density at radius 2 is 1.65 bits per heavy atom. The fourth-order valence-electron chi connectivity index (χ4n) is 4.06. The Morgan fingerprint density at radius 3 is 2.35 bits per heavy atom. The van der Waals surface area contributed by atoms with Crippen molar-refractivity contribution < 1.29 is 17.9 Å². The Bertz CT molecular complexity index is 1610. The summed E-state index contributed by atoms with van der Waals surface area (Å²) >= 11 is 6.02. The number of aromatic nitrogens is 2. The third kappa shape index (κ3) is 3.81. The molecule has 0 bridgehead atoms. The van der Waals surface area contributed by atoms with Gasteiger partial charge in [-0.2, -0.15) is 0 Å². The molecule has 172 valence electrons. The van der Waals surface area contributed by atoms with Gasteiger partial charge in [0.15, 0.2) is 0 Å². The van der Waals surface area contributed by atoms with E-state index in [9.17, 15) is 8.42 Å². The molecule has 34 heavy (non-hydrogen) atoms. The van der Waals surface area contributed by atoms with Gasteiger partial charge in [0.25, 0.3) is 10.0 Å². The lowest BCUT2D eigenvalue weighted by Gasteiger charge is -2.10. The number of benzene rings is 3. The van der Waals surface area contributed by atoms with Crippen LogP contribution >= 0.6 is 11.6 Å². The highest BCUT2D eigenvalue weighted by atomic mass is 35.5. The Morgan fingerprint density at radius 1 is 0.912 bits per heavy atom. The van der Waals surface area contributed by atoms with Gasteiger partial charge in [-0.05, 0) is 55.5 Å². The van der Waals surface area contributed by atoms with Crippen molar-refractivity contribution in [3.63, 3.8) is 0 Å². The van der Waals surface area contributed by atoms with Crippen LogP contribution < -0.4 is 4.74 Å². The van der Waals surface area contributed by atoms with Gasteiger partial charge in [0, 0.05) is 29.3 Å². The van der Waals surface area contributed by atoms with Gasteiger partial charge in [0.05, 0.1) is 34.1 Å². The van der Waals surface area contributed by atoms with Crippen LogP contribution in [0.5, 0.6) is 11.5 Å². The molecule has 0 aliphatic rings. The lowest BCUT2D eigenvalue weighted by atomic mass is 10.1. The maximum atomic E-state index is 13.9. The van der Waals surface area contributed by atoms with E-state index in [4.69, 9.17) is 21.1 Å². The van der Waals surface area contributed by atoms with Crippen molar-refractivity contribution in [1.82, 2.24) is 8.96 Å². The fraction of sp³-hybridized carbons (Fsp3) is 0.115. The molecular formula is C26H21ClN2O4S. The van der Waals surface area contributed by atoms with Crippen molar-refractivity contribution in [2.24, 2.45) is 0 Å². The van der Waals surface area contributed by atoms with Crippen molar-refractivity contribution in [3.8, 4) is 11.5 Å². The quantitative estimate of drug-likeness (QED) is 0.277. The van der Waals surface area contributed by atoms with Gasteiger partial charge in [0.1, 0.15) is 11.5 Å². The van der Waals surface area contributed by atoms with Crippen LogP contribution in [0.4, 0.5) is 0 Å². The maximum absolute atomic E-state index is 13.9. The van der Waals surface area contributed by atoms with Crippen LogP contribution in [0.1, 0.15) is 11.1 Å². The lowest BCUT2D eigenvalue weighted by molar-refractivity contribution is 0.186. The van der Waals surface area contributed by atoms with Gasteiger partial charge < -0.3 is 9.47 Å². The molecule has 0 amide bonds. The van der Waals surface area contributed by atoms with Crippen molar-refractivity contribution in [1.29, 1.82) is 0 Å². The summed E-state index contributed by atoms with van der Waals surface area (Å²) in [7, 11) is -2.34. The number of fused-ring (bicyclic) bond motifs is 3. The number of hydrogen-bond donors (Lipinski definition) is 0. The Kier molecular flexibility index (Phi) is 5.77. The summed E-state index contributed by atoms with van der Waals surface area (Å²) in [5.74, 6) is 1.10. The summed E-state index contributed by atoms with van der Waals surface area (Å²) in [6.45, 7) is 2.18. The minimum atomic E-state index is -3.93. The summed E-state index contributed by atoms with van der Waals surface area (Å²) in [4.78, 5) is 4.50. The molecule has 0 unspecified atom stereocenters. The van der Waals surface area contributed by atoms with Gasteiger partial charge in [-0.25, -0.2) is 12.4 Å². The zero-order chi connectivity index (χ0) is 23.9.